The maximum absolute atomic E-state index is 12.3. The predicted molar refractivity (Wildman–Crippen MR) is 171 cm³/mol. The molecule has 0 aliphatic carbocycles. The highest BCUT2D eigenvalue weighted by molar-refractivity contribution is 6.51. The molecule has 0 saturated heterocycles. The molecule has 8 heteroatoms. The van der Waals surface area contributed by atoms with Crippen molar-refractivity contribution in [3.63, 3.8) is 0 Å². The highest BCUT2D eigenvalue weighted by Crippen LogP contribution is 2.48. The number of methoxy groups -OCH3 is 1. The molecule has 8 nitrogen and oxygen atoms in total. The molecule has 0 bridgehead atoms. The Morgan fingerprint density at radius 3 is 2.26 bits per heavy atom. The van der Waals surface area contributed by atoms with Crippen LogP contribution in [0.1, 0.15) is 44.3 Å². The summed E-state index contributed by atoms with van der Waals surface area (Å²) < 4.78 is 6.87. The van der Waals surface area contributed by atoms with Crippen LogP contribution in [-0.2, 0) is 4.74 Å². The molecule has 1 N–H and O–H groups in total. The van der Waals surface area contributed by atoms with Crippen molar-refractivity contribution in [2.75, 3.05) is 17.3 Å². The maximum atomic E-state index is 12.3. The monoisotopic (exact) mass is 566 g/mol. The molecule has 4 aromatic carbocycles. The number of nitrogens with one attached hydrogen (secondary N) is 1. The quantitative estimate of drug-likeness (QED) is 0.230. The number of carbonyl (C=O) groups is 1. The number of hydrogen-bond acceptors (Lipinski definition) is 7. The number of esters is 1. The average Bonchev–Trinajstić information content (AvgIpc) is 3.35. The summed E-state index contributed by atoms with van der Waals surface area (Å²) in [6, 6.07) is 31.8. The number of benzene rings is 4. The lowest BCUT2D eigenvalue weighted by Gasteiger charge is -2.40. The van der Waals surface area contributed by atoms with E-state index in [1.165, 1.54) is 7.11 Å². The Morgan fingerprint density at radius 1 is 0.837 bits per heavy atom. The number of aliphatic imine (C=N–C) groups is 2. The number of ether oxygens (including phenoxy) is 1. The zero-order valence-corrected chi connectivity index (χ0v) is 24.4. The second kappa shape index (κ2) is 10.4. The van der Waals surface area contributed by atoms with Crippen molar-refractivity contribution < 1.29 is 9.53 Å². The fourth-order valence-corrected chi connectivity index (χ4v) is 5.97. The fourth-order valence-electron chi connectivity index (χ4n) is 5.97. The van der Waals surface area contributed by atoms with Gasteiger partial charge in [0.15, 0.2) is 17.5 Å². The first kappa shape index (κ1) is 26.4. The van der Waals surface area contributed by atoms with Gasteiger partial charge in [-0.2, -0.15) is 5.10 Å². The zero-order valence-electron chi connectivity index (χ0n) is 24.4. The third kappa shape index (κ3) is 4.57. The minimum absolute atomic E-state index is 0.292. The van der Waals surface area contributed by atoms with E-state index < -0.39 is 0 Å². The summed E-state index contributed by atoms with van der Waals surface area (Å²) in [6.45, 7) is 6.19. The van der Waals surface area contributed by atoms with Gasteiger partial charge in [-0.3, -0.25) is 0 Å². The molecule has 1 aromatic heterocycles. The van der Waals surface area contributed by atoms with Gasteiger partial charge in [0.1, 0.15) is 0 Å². The van der Waals surface area contributed by atoms with Gasteiger partial charge in [0.25, 0.3) is 0 Å². The highest BCUT2D eigenvalue weighted by Gasteiger charge is 2.41. The number of nitrogens with zero attached hydrogens (tertiary/aromatic N) is 5. The number of aryl methyl sites for hydroxylation is 3. The lowest BCUT2D eigenvalue weighted by molar-refractivity contribution is 0.0600. The molecule has 0 amide bonds. The Balaban J connectivity index is 1.47. The van der Waals surface area contributed by atoms with E-state index in [1.54, 1.807) is 0 Å². The first-order valence-electron chi connectivity index (χ1n) is 14.2. The summed E-state index contributed by atoms with van der Waals surface area (Å²) in [5.74, 6) is 1.70. The molecule has 1 atom stereocenters. The van der Waals surface area contributed by atoms with E-state index in [1.807, 2.05) is 84.4 Å². The lowest BCUT2D eigenvalue weighted by Crippen LogP contribution is -2.46. The standard InChI is InChI=1S/C35H30N6O2/c1-21-18-22(2)20-26(19-21)36-32-34-38-33-30(23(3)39-41(33)27-10-6-5-7-11-27)31(24-14-16-25(17-15-24)35(42)43-4)40(34)29-13-9-8-12-28(29)37-32/h5-20,31H,1-4H3,(H,36,37)/t31-/m0/s1. The number of aromatic nitrogens is 2. The van der Waals surface area contributed by atoms with Gasteiger partial charge in [0.2, 0.25) is 0 Å². The molecule has 0 fully saturated rings. The maximum Gasteiger partial charge on any atom is 0.337 e. The molecule has 0 spiro atoms. The topological polar surface area (TPSA) is 84.1 Å². The molecule has 43 heavy (non-hydrogen) atoms. The molecule has 2 aliphatic rings. The third-order valence-corrected chi connectivity index (χ3v) is 7.77. The normalized spacial score (nSPS) is 15.1. The summed E-state index contributed by atoms with van der Waals surface area (Å²) in [7, 11) is 1.39. The second-order valence-electron chi connectivity index (χ2n) is 10.8. The summed E-state index contributed by atoms with van der Waals surface area (Å²) in [5.41, 5.74) is 9.28. The van der Waals surface area contributed by atoms with E-state index in [4.69, 9.17) is 19.8 Å². The van der Waals surface area contributed by atoms with E-state index in [0.29, 0.717) is 17.2 Å². The molecule has 2 aliphatic heterocycles. The number of para-hydroxylation sites is 3. The molecule has 212 valence electrons. The fraction of sp³-hybridized carbons (Fsp3) is 0.143. The molecular formula is C35H30N6O2. The average molecular weight is 567 g/mol. The van der Waals surface area contributed by atoms with Crippen LogP contribution in [0.25, 0.3) is 5.69 Å². The van der Waals surface area contributed by atoms with Crippen molar-refractivity contribution in [3.05, 3.63) is 131 Å². The zero-order chi connectivity index (χ0) is 29.7. The molecule has 7 rings (SSSR count). The number of anilines is 2. The van der Waals surface area contributed by atoms with Gasteiger partial charge < -0.3 is 15.0 Å². The largest absolute Gasteiger partial charge is 0.465 e. The summed E-state index contributed by atoms with van der Waals surface area (Å²) in [4.78, 5) is 24.9. The lowest BCUT2D eigenvalue weighted by atomic mass is 9.92. The van der Waals surface area contributed by atoms with Gasteiger partial charge in [-0.05, 0) is 86.0 Å². The van der Waals surface area contributed by atoms with Crippen molar-refractivity contribution in [3.8, 4) is 5.69 Å². The summed E-state index contributed by atoms with van der Waals surface area (Å²) >= 11 is 0. The molecule has 0 saturated carbocycles. The number of rotatable bonds is 4. The Kier molecular flexibility index (Phi) is 6.39. The molecular weight excluding hydrogens is 536 g/mol. The second-order valence-corrected chi connectivity index (χ2v) is 10.8. The van der Waals surface area contributed by atoms with Gasteiger partial charge >= 0.3 is 5.97 Å². The number of fused-ring (bicyclic) bond motifs is 4. The molecule has 0 radical (unpaired) electrons. The SMILES string of the molecule is COC(=O)c1ccc([C@H]2c3c(C)nn(-c4ccccc4)c3N=C3C(Nc4cc(C)cc(C)c4)=Nc4ccccc4N32)cc1. The minimum Gasteiger partial charge on any atom is -0.465 e. The minimum atomic E-state index is -0.374. The Morgan fingerprint density at radius 2 is 1.53 bits per heavy atom. The predicted octanol–water partition coefficient (Wildman–Crippen LogP) is 7.38. The van der Waals surface area contributed by atoms with Crippen molar-refractivity contribution >= 4 is 40.5 Å². The van der Waals surface area contributed by atoms with E-state index in [2.05, 4.69) is 48.3 Å². The summed E-state index contributed by atoms with van der Waals surface area (Å²) in [6.07, 6.45) is 0. The van der Waals surface area contributed by atoms with Gasteiger partial charge in [-0.25, -0.2) is 19.5 Å². The highest BCUT2D eigenvalue weighted by atomic mass is 16.5. The smallest absolute Gasteiger partial charge is 0.337 e. The van der Waals surface area contributed by atoms with Gasteiger partial charge in [-0.1, -0.05) is 48.5 Å². The third-order valence-electron chi connectivity index (χ3n) is 7.77. The Labute approximate surface area is 250 Å². The van der Waals surface area contributed by atoms with Crippen molar-refractivity contribution in [2.24, 2.45) is 9.98 Å². The van der Waals surface area contributed by atoms with E-state index in [-0.39, 0.29) is 12.0 Å². The van der Waals surface area contributed by atoms with Gasteiger partial charge in [-0.15, -0.1) is 0 Å². The van der Waals surface area contributed by atoms with Crippen molar-refractivity contribution in [1.82, 2.24) is 9.78 Å². The van der Waals surface area contributed by atoms with Crippen LogP contribution in [0.3, 0.4) is 0 Å². The summed E-state index contributed by atoms with van der Waals surface area (Å²) in [5, 5.41) is 8.58. The van der Waals surface area contributed by atoms with Crippen LogP contribution in [-0.4, -0.2) is 34.5 Å². The van der Waals surface area contributed by atoms with E-state index >= 15 is 0 Å². The first-order valence-corrected chi connectivity index (χ1v) is 14.2. The number of hydrogen-bond donors (Lipinski definition) is 1. The van der Waals surface area contributed by atoms with Crippen LogP contribution in [0, 0.1) is 20.8 Å². The van der Waals surface area contributed by atoms with Crippen LogP contribution < -0.4 is 10.2 Å². The van der Waals surface area contributed by atoms with Crippen LogP contribution in [0.5, 0.6) is 0 Å². The van der Waals surface area contributed by atoms with Crippen LogP contribution in [0.4, 0.5) is 22.9 Å². The molecule has 3 heterocycles. The molecule has 0 unspecified atom stereocenters. The first-order chi connectivity index (χ1) is 20.9. The van der Waals surface area contributed by atoms with Gasteiger partial charge in [0, 0.05) is 11.3 Å². The van der Waals surface area contributed by atoms with Crippen molar-refractivity contribution in [2.45, 2.75) is 26.8 Å². The van der Waals surface area contributed by atoms with E-state index in [9.17, 15) is 4.79 Å². The number of carbonyl (C=O) groups excluding carboxylic acids is 1. The molecule has 5 aromatic rings. The van der Waals surface area contributed by atoms with Gasteiger partial charge in [0.05, 0.1) is 41.5 Å². The van der Waals surface area contributed by atoms with Crippen molar-refractivity contribution in [1.29, 1.82) is 0 Å². The van der Waals surface area contributed by atoms with Crippen LogP contribution in [0.2, 0.25) is 0 Å². The number of amidine groups is 2. The Hall–Kier alpha value is -5.50. The van der Waals surface area contributed by atoms with Crippen LogP contribution in [0.15, 0.2) is 107 Å². The van der Waals surface area contributed by atoms with Crippen LogP contribution >= 0.6 is 0 Å². The van der Waals surface area contributed by atoms with E-state index in [0.717, 1.165) is 56.5 Å². The Bertz CT molecular complexity index is 1920.